The van der Waals surface area contributed by atoms with E-state index in [-0.39, 0.29) is 17.7 Å². The molecule has 0 radical (unpaired) electrons. The molecule has 1 aromatic rings. The molecule has 156 valence electrons. The van der Waals surface area contributed by atoms with Crippen LogP contribution in [0, 0.1) is 17.8 Å². The number of hydrogen-bond donors (Lipinski definition) is 0. The largest absolute Gasteiger partial charge is 0.342 e. The molecule has 6 nitrogen and oxygen atoms in total. The molecule has 2 aliphatic rings. The second-order valence-corrected chi connectivity index (χ2v) is 9.17. The van der Waals surface area contributed by atoms with Gasteiger partial charge in [-0.3, -0.25) is 14.3 Å². The van der Waals surface area contributed by atoms with E-state index in [2.05, 4.69) is 18.9 Å². The summed E-state index contributed by atoms with van der Waals surface area (Å²) < 4.78 is 1.78. The van der Waals surface area contributed by atoms with Gasteiger partial charge < -0.3 is 9.80 Å². The van der Waals surface area contributed by atoms with Crippen molar-refractivity contribution in [2.45, 2.75) is 65.3 Å². The fourth-order valence-electron chi connectivity index (χ4n) is 4.68. The molecule has 0 spiro atoms. The Hall–Kier alpha value is -1.85. The minimum atomic E-state index is -0.0725. The Morgan fingerprint density at radius 1 is 1.25 bits per heavy atom. The number of nitrogens with zero attached hydrogens (tertiary/aromatic N) is 4. The number of likely N-dealkylation sites (tertiary alicyclic amines) is 1. The Morgan fingerprint density at radius 3 is 2.64 bits per heavy atom. The summed E-state index contributed by atoms with van der Waals surface area (Å²) in [5.41, 5.74) is 1.06. The summed E-state index contributed by atoms with van der Waals surface area (Å²) in [6.07, 6.45) is 11.3. The van der Waals surface area contributed by atoms with E-state index >= 15 is 0 Å². The number of aromatic nitrogens is 2. The molecule has 1 saturated carbocycles. The average molecular weight is 389 g/mol. The van der Waals surface area contributed by atoms with E-state index in [4.69, 9.17) is 0 Å². The van der Waals surface area contributed by atoms with Gasteiger partial charge in [0.1, 0.15) is 0 Å². The van der Waals surface area contributed by atoms with Crippen molar-refractivity contribution in [1.29, 1.82) is 0 Å². The summed E-state index contributed by atoms with van der Waals surface area (Å²) in [6.45, 7) is 7.05. The predicted octanol–water partition coefficient (Wildman–Crippen LogP) is 3.22. The van der Waals surface area contributed by atoms with Crippen molar-refractivity contribution in [3.63, 3.8) is 0 Å². The van der Waals surface area contributed by atoms with Crippen LogP contribution in [0.15, 0.2) is 12.4 Å². The first-order chi connectivity index (χ1) is 13.4. The number of carbonyl (C=O) groups is 2. The van der Waals surface area contributed by atoms with Crippen LogP contribution in [-0.4, -0.2) is 51.0 Å². The fraction of sp³-hybridized carbons (Fsp3) is 0.773. The Bertz CT molecular complexity index is 663. The van der Waals surface area contributed by atoms with E-state index in [1.807, 2.05) is 29.2 Å². The van der Waals surface area contributed by atoms with Gasteiger partial charge in [0.15, 0.2) is 0 Å². The van der Waals surface area contributed by atoms with Gasteiger partial charge in [-0.1, -0.05) is 33.1 Å². The third-order valence-corrected chi connectivity index (χ3v) is 6.08. The van der Waals surface area contributed by atoms with Crippen molar-refractivity contribution >= 4 is 11.8 Å². The zero-order valence-electron chi connectivity index (χ0n) is 17.8. The topological polar surface area (TPSA) is 58.4 Å². The molecule has 2 amide bonds. The van der Waals surface area contributed by atoms with Gasteiger partial charge in [-0.05, 0) is 31.1 Å². The van der Waals surface area contributed by atoms with E-state index in [0.717, 1.165) is 18.7 Å². The number of carbonyl (C=O) groups excluding carboxylic acids is 2. The summed E-state index contributed by atoms with van der Waals surface area (Å²) in [5, 5.41) is 4.23. The molecule has 0 bridgehead atoms. The number of hydrogen-bond acceptors (Lipinski definition) is 3. The van der Waals surface area contributed by atoms with Gasteiger partial charge >= 0.3 is 0 Å². The standard InChI is InChI=1S/C22H36N4O2/c1-17(2)12-26(15-19-11-23-24(3)13-19)22(28)20-9-10-21(27)25(16-20)14-18-7-5-4-6-8-18/h11,13,17-18,20H,4-10,12,14-16H2,1-3H3/t20-/m0/s1. The molecule has 2 heterocycles. The van der Waals surface area contributed by atoms with Crippen LogP contribution >= 0.6 is 0 Å². The molecule has 6 heteroatoms. The minimum absolute atomic E-state index is 0.0725. The Labute approximate surface area is 169 Å². The van der Waals surface area contributed by atoms with Crippen LogP contribution in [0.25, 0.3) is 0 Å². The van der Waals surface area contributed by atoms with Crippen molar-refractivity contribution in [1.82, 2.24) is 19.6 Å². The van der Waals surface area contributed by atoms with E-state index in [1.165, 1.54) is 32.1 Å². The monoisotopic (exact) mass is 388 g/mol. The lowest BCUT2D eigenvalue weighted by Gasteiger charge is -2.37. The van der Waals surface area contributed by atoms with Gasteiger partial charge in [-0.25, -0.2) is 0 Å². The van der Waals surface area contributed by atoms with Gasteiger partial charge in [-0.15, -0.1) is 0 Å². The molecular formula is C22H36N4O2. The van der Waals surface area contributed by atoms with Gasteiger partial charge in [0, 0.05) is 51.4 Å². The number of rotatable bonds is 7. The summed E-state index contributed by atoms with van der Waals surface area (Å²) in [5.74, 6) is 1.38. The summed E-state index contributed by atoms with van der Waals surface area (Å²) in [7, 11) is 1.90. The first-order valence-electron chi connectivity index (χ1n) is 11.0. The normalized spacial score (nSPS) is 21.4. The Kier molecular flexibility index (Phi) is 7.13. The Balaban J connectivity index is 1.64. The smallest absolute Gasteiger partial charge is 0.227 e. The van der Waals surface area contributed by atoms with Crippen LogP contribution in [0.1, 0.15) is 64.4 Å². The molecule has 3 rings (SSSR count). The zero-order chi connectivity index (χ0) is 20.1. The van der Waals surface area contributed by atoms with Gasteiger partial charge in [-0.2, -0.15) is 5.10 Å². The van der Waals surface area contributed by atoms with Crippen molar-refractivity contribution < 1.29 is 9.59 Å². The van der Waals surface area contributed by atoms with Crippen LogP contribution in [0.5, 0.6) is 0 Å². The first kappa shape index (κ1) is 20.9. The molecule has 1 atom stereocenters. The highest BCUT2D eigenvalue weighted by Gasteiger charge is 2.34. The third-order valence-electron chi connectivity index (χ3n) is 6.08. The fourth-order valence-corrected chi connectivity index (χ4v) is 4.68. The maximum absolute atomic E-state index is 13.4. The maximum Gasteiger partial charge on any atom is 0.227 e. The SMILES string of the molecule is CC(C)CN(Cc1cnn(C)c1)C(=O)[C@H]1CCC(=O)N(CC2CCCCC2)C1. The lowest BCUT2D eigenvalue weighted by atomic mass is 9.87. The van der Waals surface area contributed by atoms with Crippen LogP contribution in [0.4, 0.5) is 0 Å². The average Bonchev–Trinajstić information content (AvgIpc) is 3.08. The van der Waals surface area contributed by atoms with E-state index in [9.17, 15) is 9.59 Å². The van der Waals surface area contributed by atoms with Crippen molar-refractivity contribution in [3.05, 3.63) is 18.0 Å². The summed E-state index contributed by atoms with van der Waals surface area (Å²) >= 11 is 0. The maximum atomic E-state index is 13.4. The molecule has 1 aromatic heterocycles. The van der Waals surface area contributed by atoms with Crippen LogP contribution in [0.3, 0.4) is 0 Å². The highest BCUT2D eigenvalue weighted by atomic mass is 16.2. The molecule has 2 fully saturated rings. The quantitative estimate of drug-likeness (QED) is 0.721. The molecule has 1 saturated heterocycles. The molecule has 0 aromatic carbocycles. The molecule has 1 aliphatic heterocycles. The second-order valence-electron chi connectivity index (χ2n) is 9.17. The van der Waals surface area contributed by atoms with Crippen LogP contribution in [0.2, 0.25) is 0 Å². The van der Waals surface area contributed by atoms with Crippen LogP contribution in [-0.2, 0) is 23.2 Å². The molecular weight excluding hydrogens is 352 g/mol. The molecule has 0 N–H and O–H groups in total. The summed E-state index contributed by atoms with van der Waals surface area (Å²) in [6, 6.07) is 0. The first-order valence-corrected chi connectivity index (χ1v) is 11.0. The summed E-state index contributed by atoms with van der Waals surface area (Å²) in [4.78, 5) is 29.8. The van der Waals surface area contributed by atoms with Gasteiger partial charge in [0.05, 0.1) is 12.1 Å². The van der Waals surface area contributed by atoms with Crippen molar-refractivity contribution in [2.75, 3.05) is 19.6 Å². The lowest BCUT2D eigenvalue weighted by molar-refractivity contribution is -0.144. The zero-order valence-corrected chi connectivity index (χ0v) is 17.8. The van der Waals surface area contributed by atoms with E-state index < -0.39 is 0 Å². The lowest BCUT2D eigenvalue weighted by Crippen LogP contribution is -2.48. The minimum Gasteiger partial charge on any atom is -0.342 e. The van der Waals surface area contributed by atoms with Crippen molar-refractivity contribution in [2.24, 2.45) is 24.8 Å². The number of amides is 2. The van der Waals surface area contributed by atoms with Gasteiger partial charge in [0.2, 0.25) is 11.8 Å². The second kappa shape index (κ2) is 9.57. The van der Waals surface area contributed by atoms with E-state index in [0.29, 0.717) is 37.8 Å². The van der Waals surface area contributed by atoms with Gasteiger partial charge in [0.25, 0.3) is 0 Å². The number of aryl methyl sites for hydroxylation is 1. The molecule has 0 unspecified atom stereocenters. The predicted molar refractivity (Wildman–Crippen MR) is 109 cm³/mol. The van der Waals surface area contributed by atoms with Crippen molar-refractivity contribution in [3.8, 4) is 0 Å². The molecule has 1 aliphatic carbocycles. The highest BCUT2D eigenvalue weighted by molar-refractivity contribution is 5.84. The number of piperidine rings is 1. The van der Waals surface area contributed by atoms with Crippen LogP contribution < -0.4 is 0 Å². The van der Waals surface area contributed by atoms with E-state index in [1.54, 1.807) is 4.68 Å². The molecule has 28 heavy (non-hydrogen) atoms. The third kappa shape index (κ3) is 5.58. The highest BCUT2D eigenvalue weighted by Crippen LogP contribution is 2.28. The Morgan fingerprint density at radius 2 is 2.00 bits per heavy atom.